The normalized spacial score (nSPS) is 12.6. The number of benzene rings is 1. The molecule has 0 bridgehead atoms. The molecular formula is C19H25N3O3SSi. The molecular weight excluding hydrogens is 378 g/mol. The van der Waals surface area contributed by atoms with Crippen LogP contribution in [0.4, 0.5) is 0 Å². The number of hydrogen-bond acceptors (Lipinski definition) is 5. The molecule has 144 valence electrons. The summed E-state index contributed by atoms with van der Waals surface area (Å²) in [6.45, 7) is 7.94. The van der Waals surface area contributed by atoms with Crippen LogP contribution in [-0.4, -0.2) is 43.9 Å². The zero-order valence-corrected chi connectivity index (χ0v) is 18.0. The Morgan fingerprint density at radius 2 is 1.78 bits per heavy atom. The molecule has 0 saturated carbocycles. The first-order valence-corrected chi connectivity index (χ1v) is 14.5. The predicted molar refractivity (Wildman–Crippen MR) is 110 cm³/mol. The van der Waals surface area contributed by atoms with Gasteiger partial charge in [0.25, 0.3) is 0 Å². The molecule has 1 aromatic carbocycles. The first-order valence-electron chi connectivity index (χ1n) is 8.85. The van der Waals surface area contributed by atoms with E-state index in [-0.39, 0.29) is 5.16 Å². The van der Waals surface area contributed by atoms with Crippen molar-refractivity contribution in [1.82, 2.24) is 14.5 Å². The van der Waals surface area contributed by atoms with Gasteiger partial charge in [0.15, 0.2) is 0 Å². The summed E-state index contributed by atoms with van der Waals surface area (Å²) in [6.07, 6.45) is 2.99. The minimum Gasteiger partial charge on any atom is -0.361 e. The second-order valence-corrected chi connectivity index (χ2v) is 15.4. The Morgan fingerprint density at radius 3 is 2.41 bits per heavy atom. The lowest BCUT2D eigenvalue weighted by Gasteiger charge is -2.15. The summed E-state index contributed by atoms with van der Waals surface area (Å²) in [6, 6.07) is 12.5. The molecule has 0 amide bonds. The molecule has 0 radical (unpaired) electrons. The summed E-state index contributed by atoms with van der Waals surface area (Å²) in [5, 5.41) is 0.637. The smallest absolute Gasteiger partial charge is 0.249 e. The molecule has 3 rings (SSSR count). The highest BCUT2D eigenvalue weighted by molar-refractivity contribution is 7.90. The van der Waals surface area contributed by atoms with Crippen LogP contribution in [0, 0.1) is 0 Å². The third-order valence-electron chi connectivity index (χ3n) is 4.20. The number of hydrogen-bond donors (Lipinski definition) is 0. The van der Waals surface area contributed by atoms with Crippen LogP contribution in [-0.2, 0) is 21.3 Å². The molecule has 2 aromatic heterocycles. The van der Waals surface area contributed by atoms with E-state index in [4.69, 9.17) is 4.74 Å². The Labute approximate surface area is 161 Å². The van der Waals surface area contributed by atoms with Crippen LogP contribution in [0.1, 0.15) is 0 Å². The van der Waals surface area contributed by atoms with Crippen molar-refractivity contribution in [1.29, 1.82) is 0 Å². The van der Waals surface area contributed by atoms with Crippen LogP contribution in [0.5, 0.6) is 0 Å². The topological polar surface area (TPSA) is 74.1 Å². The molecule has 8 heteroatoms. The molecule has 0 atom stereocenters. The van der Waals surface area contributed by atoms with Crippen molar-refractivity contribution in [2.24, 2.45) is 0 Å². The molecule has 0 N–H and O–H groups in total. The molecule has 0 aliphatic heterocycles. The second kappa shape index (κ2) is 7.53. The SMILES string of the molecule is C[Si](C)(C)CCOCn1ccc2c(-c3ccccc3)nc(S(C)(=O)=O)nc21. The van der Waals surface area contributed by atoms with Gasteiger partial charge in [-0.15, -0.1) is 0 Å². The summed E-state index contributed by atoms with van der Waals surface area (Å²) in [7, 11) is -4.69. The van der Waals surface area contributed by atoms with E-state index in [0.717, 1.165) is 23.2 Å². The average molecular weight is 404 g/mol. The van der Waals surface area contributed by atoms with E-state index in [1.54, 1.807) is 0 Å². The van der Waals surface area contributed by atoms with E-state index in [1.165, 1.54) is 0 Å². The van der Waals surface area contributed by atoms with Crippen LogP contribution < -0.4 is 0 Å². The molecule has 0 unspecified atom stereocenters. The fourth-order valence-electron chi connectivity index (χ4n) is 2.67. The Hall–Kier alpha value is -2.03. The summed E-state index contributed by atoms with van der Waals surface area (Å²) in [5.41, 5.74) is 2.03. The van der Waals surface area contributed by atoms with Gasteiger partial charge in [-0.05, 0) is 12.1 Å². The van der Waals surface area contributed by atoms with Crippen molar-refractivity contribution in [2.75, 3.05) is 12.9 Å². The minimum absolute atomic E-state index is 0.170. The van der Waals surface area contributed by atoms with Crippen LogP contribution in [0.3, 0.4) is 0 Å². The monoisotopic (exact) mass is 403 g/mol. The predicted octanol–water partition coefficient (Wildman–Crippen LogP) is 3.81. The van der Waals surface area contributed by atoms with Crippen LogP contribution in [0.25, 0.3) is 22.3 Å². The van der Waals surface area contributed by atoms with Crippen LogP contribution in [0.2, 0.25) is 25.7 Å². The zero-order valence-electron chi connectivity index (χ0n) is 16.1. The Kier molecular flexibility index (Phi) is 5.50. The number of rotatable bonds is 7. The lowest BCUT2D eigenvalue weighted by atomic mass is 10.1. The standard InChI is InChI=1S/C19H25N3O3SSi/c1-26(23,24)19-20-17(15-8-6-5-7-9-15)16-10-11-22(18(16)21-19)14-25-12-13-27(2,3)4/h5-11H,12-14H2,1-4H3. The Morgan fingerprint density at radius 1 is 1.07 bits per heavy atom. The molecule has 2 heterocycles. The highest BCUT2D eigenvalue weighted by Crippen LogP contribution is 2.28. The number of sulfone groups is 1. The number of ether oxygens (including phenoxy) is 1. The second-order valence-electron chi connectivity index (χ2n) is 7.86. The van der Waals surface area contributed by atoms with E-state index in [9.17, 15) is 8.42 Å². The fraction of sp³-hybridized carbons (Fsp3) is 0.368. The lowest BCUT2D eigenvalue weighted by molar-refractivity contribution is 0.0898. The number of nitrogens with zero attached hydrogens (tertiary/aromatic N) is 3. The largest absolute Gasteiger partial charge is 0.361 e. The van der Waals surface area contributed by atoms with Crippen molar-refractivity contribution < 1.29 is 13.2 Å². The van der Waals surface area contributed by atoms with Crippen molar-refractivity contribution in [3.05, 3.63) is 42.6 Å². The summed E-state index contributed by atoms with van der Waals surface area (Å²) < 4.78 is 31.9. The Bertz CT molecular complexity index is 1040. The van der Waals surface area contributed by atoms with Gasteiger partial charge in [0, 0.05) is 38.1 Å². The van der Waals surface area contributed by atoms with Gasteiger partial charge in [0.05, 0.1) is 5.69 Å². The van der Waals surface area contributed by atoms with Crippen LogP contribution >= 0.6 is 0 Å². The lowest BCUT2D eigenvalue weighted by Crippen LogP contribution is -2.22. The average Bonchev–Trinajstić information content (AvgIpc) is 3.00. The fourth-order valence-corrected chi connectivity index (χ4v) is 3.94. The van der Waals surface area contributed by atoms with Gasteiger partial charge < -0.3 is 9.30 Å². The third-order valence-corrected chi connectivity index (χ3v) is 6.75. The number of fused-ring (bicyclic) bond motifs is 1. The Balaban J connectivity index is 2.00. The number of aromatic nitrogens is 3. The quantitative estimate of drug-likeness (QED) is 0.341. The minimum atomic E-state index is -3.53. The molecule has 0 saturated heterocycles. The van der Waals surface area contributed by atoms with Gasteiger partial charge >= 0.3 is 0 Å². The van der Waals surface area contributed by atoms with Gasteiger partial charge in [-0.1, -0.05) is 50.0 Å². The first kappa shape index (κ1) is 19.7. The van der Waals surface area contributed by atoms with Crippen molar-refractivity contribution in [2.45, 2.75) is 37.6 Å². The van der Waals surface area contributed by atoms with E-state index in [0.29, 0.717) is 24.7 Å². The molecule has 0 fully saturated rings. The van der Waals surface area contributed by atoms with Crippen molar-refractivity contribution in [3.8, 4) is 11.3 Å². The highest BCUT2D eigenvalue weighted by atomic mass is 32.2. The molecule has 6 nitrogen and oxygen atoms in total. The van der Waals surface area contributed by atoms with Crippen LogP contribution in [0.15, 0.2) is 47.8 Å². The van der Waals surface area contributed by atoms with Gasteiger partial charge in [-0.25, -0.2) is 13.4 Å². The maximum atomic E-state index is 12.1. The first-order chi connectivity index (χ1) is 12.6. The van der Waals surface area contributed by atoms with Crippen molar-refractivity contribution >= 4 is 28.9 Å². The molecule has 3 aromatic rings. The maximum Gasteiger partial charge on any atom is 0.249 e. The molecule has 27 heavy (non-hydrogen) atoms. The summed E-state index contributed by atoms with van der Waals surface area (Å²) in [4.78, 5) is 8.65. The zero-order chi connectivity index (χ0) is 19.7. The summed E-state index contributed by atoms with van der Waals surface area (Å²) >= 11 is 0. The van der Waals surface area contributed by atoms with Gasteiger partial charge in [0.2, 0.25) is 15.0 Å². The van der Waals surface area contributed by atoms with Gasteiger partial charge in [-0.2, -0.15) is 4.98 Å². The van der Waals surface area contributed by atoms with E-state index >= 15 is 0 Å². The molecule has 0 aliphatic rings. The maximum absolute atomic E-state index is 12.1. The molecule has 0 aliphatic carbocycles. The van der Waals surface area contributed by atoms with E-state index in [1.807, 2.05) is 47.2 Å². The van der Waals surface area contributed by atoms with Crippen molar-refractivity contribution in [3.63, 3.8) is 0 Å². The van der Waals surface area contributed by atoms with Gasteiger partial charge in [-0.3, -0.25) is 0 Å². The summed E-state index contributed by atoms with van der Waals surface area (Å²) in [5.74, 6) is 0. The van der Waals surface area contributed by atoms with E-state index in [2.05, 4.69) is 29.6 Å². The van der Waals surface area contributed by atoms with Gasteiger partial charge in [0.1, 0.15) is 12.4 Å². The third kappa shape index (κ3) is 4.82. The van der Waals surface area contributed by atoms with E-state index < -0.39 is 17.9 Å². The highest BCUT2D eigenvalue weighted by Gasteiger charge is 2.19. The molecule has 0 spiro atoms.